The number of anilines is 1. The quantitative estimate of drug-likeness (QED) is 0.769. The molecule has 6 nitrogen and oxygen atoms in total. The van der Waals surface area contributed by atoms with Crippen molar-refractivity contribution in [2.24, 2.45) is 5.92 Å². The molecule has 0 spiro atoms. The van der Waals surface area contributed by atoms with E-state index in [9.17, 15) is 4.79 Å². The fourth-order valence-corrected chi connectivity index (χ4v) is 2.59. The van der Waals surface area contributed by atoms with Gasteiger partial charge in [-0.15, -0.1) is 0 Å². The van der Waals surface area contributed by atoms with E-state index in [0.717, 1.165) is 24.5 Å². The first-order chi connectivity index (χ1) is 8.69. The summed E-state index contributed by atoms with van der Waals surface area (Å²) < 4.78 is 1.95. The molecule has 2 atom stereocenters. The number of aromatic nitrogens is 2. The zero-order valence-electron chi connectivity index (χ0n) is 10.3. The molecule has 6 heteroatoms. The molecule has 2 aliphatic heterocycles. The molecule has 0 saturated carbocycles. The molecule has 0 bridgehead atoms. The summed E-state index contributed by atoms with van der Waals surface area (Å²) in [4.78, 5) is 13.6. The maximum absolute atomic E-state index is 11.9. The lowest BCUT2D eigenvalue weighted by atomic mass is 10.1. The lowest BCUT2D eigenvalue weighted by molar-refractivity contribution is -0.117. The van der Waals surface area contributed by atoms with Gasteiger partial charge in [-0.3, -0.25) is 9.48 Å². The van der Waals surface area contributed by atoms with Gasteiger partial charge in [0, 0.05) is 25.6 Å². The minimum Gasteiger partial charge on any atom is -0.308 e. The molecule has 3 heterocycles. The number of nitrogens with one attached hydrogen (secondary N) is 1. The van der Waals surface area contributed by atoms with Crippen LogP contribution in [0.25, 0.3) is 0 Å². The molecule has 1 N–H and O–H groups in total. The van der Waals surface area contributed by atoms with Gasteiger partial charge < -0.3 is 10.2 Å². The Hall–Kier alpha value is -1.87. The molecule has 1 aromatic heterocycles. The number of rotatable bonds is 1. The number of hydrogen-bond acceptors (Lipinski definition) is 4. The Labute approximate surface area is 105 Å². The van der Waals surface area contributed by atoms with E-state index >= 15 is 0 Å². The normalized spacial score (nSPS) is 27.1. The topological polar surface area (TPSA) is 74.0 Å². The fraction of sp³-hybridized carbons (Fsp3) is 0.583. The summed E-state index contributed by atoms with van der Waals surface area (Å²) in [5.41, 5.74) is 1.90. The Kier molecular flexibility index (Phi) is 2.56. The first-order valence-corrected chi connectivity index (χ1v) is 6.17. The van der Waals surface area contributed by atoms with E-state index < -0.39 is 0 Å². The number of carbonyl (C=O) groups excluding carboxylic acids is 1. The Morgan fingerprint density at radius 2 is 2.39 bits per heavy atom. The molecule has 2 aliphatic rings. The largest absolute Gasteiger partial charge is 0.308 e. The van der Waals surface area contributed by atoms with Gasteiger partial charge in [0.25, 0.3) is 0 Å². The van der Waals surface area contributed by atoms with E-state index in [1.807, 2.05) is 4.68 Å². The zero-order chi connectivity index (χ0) is 12.7. The molecule has 0 aromatic carbocycles. The van der Waals surface area contributed by atoms with Gasteiger partial charge in [-0.05, 0) is 6.92 Å². The van der Waals surface area contributed by atoms with Gasteiger partial charge in [-0.2, -0.15) is 10.4 Å². The second-order valence-electron chi connectivity index (χ2n) is 4.98. The standard InChI is InChI=1S/C12H15N5O/c1-8-6-17-11(4-14-8)10(5-15-17)16-7-9(3-13)2-12(16)18/h5,8-9,14H,2,4,6-7H2,1H3/t8-,9?/m0/s1. The summed E-state index contributed by atoms with van der Waals surface area (Å²) in [6.45, 7) is 4.14. The van der Waals surface area contributed by atoms with Crippen molar-refractivity contribution in [3.63, 3.8) is 0 Å². The van der Waals surface area contributed by atoms with Gasteiger partial charge in [0.05, 0.1) is 36.1 Å². The Morgan fingerprint density at radius 1 is 1.56 bits per heavy atom. The molecule has 94 valence electrons. The van der Waals surface area contributed by atoms with Crippen LogP contribution in [-0.2, 0) is 17.9 Å². The highest BCUT2D eigenvalue weighted by Gasteiger charge is 2.33. The third kappa shape index (κ3) is 1.68. The van der Waals surface area contributed by atoms with Crippen LogP contribution in [0.2, 0.25) is 0 Å². The Bertz CT molecular complexity index is 529. The van der Waals surface area contributed by atoms with Gasteiger partial charge in [0.2, 0.25) is 5.91 Å². The first kappa shape index (κ1) is 11.2. The van der Waals surface area contributed by atoms with Crippen molar-refractivity contribution >= 4 is 11.6 Å². The molecular formula is C12H15N5O. The van der Waals surface area contributed by atoms with Crippen LogP contribution >= 0.6 is 0 Å². The van der Waals surface area contributed by atoms with Gasteiger partial charge >= 0.3 is 0 Å². The van der Waals surface area contributed by atoms with E-state index in [1.54, 1.807) is 11.1 Å². The first-order valence-electron chi connectivity index (χ1n) is 6.17. The van der Waals surface area contributed by atoms with Crippen LogP contribution in [0.5, 0.6) is 0 Å². The number of hydrogen-bond donors (Lipinski definition) is 1. The molecule has 1 saturated heterocycles. The highest BCUT2D eigenvalue weighted by molar-refractivity contribution is 5.96. The lowest BCUT2D eigenvalue weighted by Crippen LogP contribution is -2.37. The summed E-state index contributed by atoms with van der Waals surface area (Å²) in [6.07, 6.45) is 2.07. The van der Waals surface area contributed by atoms with Crippen molar-refractivity contribution in [2.75, 3.05) is 11.4 Å². The van der Waals surface area contributed by atoms with Crippen LogP contribution in [0, 0.1) is 17.2 Å². The van der Waals surface area contributed by atoms with Crippen molar-refractivity contribution in [1.82, 2.24) is 15.1 Å². The van der Waals surface area contributed by atoms with Crippen LogP contribution in [0.1, 0.15) is 19.0 Å². The molecule has 3 rings (SSSR count). The van der Waals surface area contributed by atoms with Crippen LogP contribution in [-0.4, -0.2) is 28.3 Å². The van der Waals surface area contributed by atoms with E-state index in [2.05, 4.69) is 23.4 Å². The Balaban J connectivity index is 1.90. The third-order valence-electron chi connectivity index (χ3n) is 3.59. The average molecular weight is 245 g/mol. The predicted molar refractivity (Wildman–Crippen MR) is 64.6 cm³/mol. The van der Waals surface area contributed by atoms with Crippen LogP contribution < -0.4 is 10.2 Å². The highest BCUT2D eigenvalue weighted by atomic mass is 16.2. The molecule has 1 amide bonds. The van der Waals surface area contributed by atoms with Crippen LogP contribution in [0.3, 0.4) is 0 Å². The minimum atomic E-state index is -0.191. The van der Waals surface area contributed by atoms with Crippen molar-refractivity contribution in [1.29, 1.82) is 5.26 Å². The molecule has 1 unspecified atom stereocenters. The molecular weight excluding hydrogens is 230 g/mol. The maximum atomic E-state index is 11.9. The Morgan fingerprint density at radius 3 is 3.11 bits per heavy atom. The van der Waals surface area contributed by atoms with Crippen molar-refractivity contribution < 1.29 is 4.79 Å². The van der Waals surface area contributed by atoms with E-state index in [1.165, 1.54) is 0 Å². The number of nitriles is 1. The summed E-state index contributed by atoms with van der Waals surface area (Å²) >= 11 is 0. The fourth-order valence-electron chi connectivity index (χ4n) is 2.59. The molecule has 0 radical (unpaired) electrons. The smallest absolute Gasteiger partial charge is 0.228 e. The molecule has 1 fully saturated rings. The summed E-state index contributed by atoms with van der Waals surface area (Å²) in [7, 11) is 0. The lowest BCUT2D eigenvalue weighted by Gasteiger charge is -2.24. The van der Waals surface area contributed by atoms with Crippen LogP contribution in [0.4, 0.5) is 5.69 Å². The summed E-state index contributed by atoms with van der Waals surface area (Å²) in [5.74, 6) is -0.167. The van der Waals surface area contributed by atoms with Gasteiger partial charge in [-0.1, -0.05) is 0 Å². The monoisotopic (exact) mass is 245 g/mol. The average Bonchev–Trinajstić information content (AvgIpc) is 2.91. The van der Waals surface area contributed by atoms with E-state index in [-0.39, 0.29) is 11.8 Å². The minimum absolute atomic E-state index is 0.0240. The molecule has 1 aromatic rings. The van der Waals surface area contributed by atoms with Gasteiger partial charge in [0.15, 0.2) is 0 Å². The van der Waals surface area contributed by atoms with E-state index in [4.69, 9.17) is 5.26 Å². The number of fused-ring (bicyclic) bond motifs is 1. The highest BCUT2D eigenvalue weighted by Crippen LogP contribution is 2.29. The summed E-state index contributed by atoms with van der Waals surface area (Å²) in [6, 6.07) is 2.56. The second-order valence-corrected chi connectivity index (χ2v) is 4.98. The maximum Gasteiger partial charge on any atom is 0.228 e. The number of nitrogens with zero attached hydrogens (tertiary/aromatic N) is 4. The SMILES string of the molecule is C[C@H]1Cn2ncc(N3CC(C#N)CC3=O)c2CN1. The second kappa shape index (κ2) is 4.10. The predicted octanol–water partition coefficient (Wildman–Crippen LogP) is 0.251. The molecule has 18 heavy (non-hydrogen) atoms. The third-order valence-corrected chi connectivity index (χ3v) is 3.59. The summed E-state index contributed by atoms with van der Waals surface area (Å²) in [5, 5.41) is 16.6. The van der Waals surface area contributed by atoms with Gasteiger partial charge in [-0.25, -0.2) is 0 Å². The molecule has 0 aliphatic carbocycles. The number of amides is 1. The van der Waals surface area contributed by atoms with Crippen LogP contribution in [0.15, 0.2) is 6.20 Å². The van der Waals surface area contributed by atoms with Crippen molar-refractivity contribution in [3.05, 3.63) is 11.9 Å². The van der Waals surface area contributed by atoms with Crippen molar-refractivity contribution in [2.45, 2.75) is 32.5 Å². The zero-order valence-corrected chi connectivity index (χ0v) is 10.3. The van der Waals surface area contributed by atoms with Crippen molar-refractivity contribution in [3.8, 4) is 6.07 Å². The van der Waals surface area contributed by atoms with Gasteiger partial charge in [0.1, 0.15) is 0 Å². The number of carbonyl (C=O) groups is 1. The van der Waals surface area contributed by atoms with E-state index in [0.29, 0.717) is 19.0 Å².